The fraction of sp³-hybridized carbons (Fsp3) is 0.632. The molecule has 0 bridgehead atoms. The third kappa shape index (κ3) is 5.56. The van der Waals surface area contributed by atoms with E-state index in [-0.39, 0.29) is 29.5 Å². The molecule has 25 heavy (non-hydrogen) atoms. The zero-order valence-electron chi connectivity index (χ0n) is 15.1. The van der Waals surface area contributed by atoms with E-state index in [1.54, 1.807) is 0 Å². The average Bonchev–Trinajstić information content (AvgIpc) is 3.10. The molecule has 0 spiro atoms. The normalized spacial score (nSPS) is 21.6. The number of rotatable bonds is 5. The van der Waals surface area contributed by atoms with Crippen molar-refractivity contribution < 1.29 is 4.74 Å². The SMILES string of the molecule is CC(NC1(CN=C(N)N2CCOCC2)CCCC1)c1ccccc1.I. The van der Waals surface area contributed by atoms with Crippen LogP contribution in [0.2, 0.25) is 0 Å². The minimum absolute atomic E-state index is 0. The zero-order valence-corrected chi connectivity index (χ0v) is 17.4. The first kappa shape index (κ1) is 20.5. The summed E-state index contributed by atoms with van der Waals surface area (Å²) in [5.41, 5.74) is 7.62. The molecule has 3 rings (SSSR count). The molecule has 1 aliphatic heterocycles. The Hall–Kier alpha value is -0.860. The van der Waals surface area contributed by atoms with Crippen molar-refractivity contribution in [2.45, 2.75) is 44.2 Å². The summed E-state index contributed by atoms with van der Waals surface area (Å²) in [6.45, 7) is 6.17. The van der Waals surface area contributed by atoms with E-state index < -0.39 is 0 Å². The van der Waals surface area contributed by atoms with Crippen molar-refractivity contribution in [3.8, 4) is 0 Å². The minimum atomic E-state index is 0. The van der Waals surface area contributed by atoms with Crippen molar-refractivity contribution in [1.29, 1.82) is 0 Å². The maximum absolute atomic E-state index is 6.22. The molecule has 1 saturated heterocycles. The molecule has 1 heterocycles. The van der Waals surface area contributed by atoms with Gasteiger partial charge < -0.3 is 20.7 Å². The summed E-state index contributed by atoms with van der Waals surface area (Å²) in [5.74, 6) is 0.665. The number of aliphatic imine (C=N–C) groups is 1. The first-order valence-corrected chi connectivity index (χ1v) is 9.14. The molecule has 1 aliphatic carbocycles. The molecule has 1 aromatic rings. The second kappa shape index (κ2) is 9.73. The lowest BCUT2D eigenvalue weighted by atomic mass is 9.95. The maximum Gasteiger partial charge on any atom is 0.191 e. The highest BCUT2D eigenvalue weighted by Crippen LogP contribution is 2.32. The quantitative estimate of drug-likeness (QED) is 0.405. The van der Waals surface area contributed by atoms with Crippen LogP contribution in [0.1, 0.15) is 44.2 Å². The zero-order chi connectivity index (χ0) is 16.8. The fourth-order valence-electron chi connectivity index (χ4n) is 3.81. The molecule has 2 fully saturated rings. The van der Waals surface area contributed by atoms with Crippen LogP contribution in [0, 0.1) is 0 Å². The number of hydrogen-bond acceptors (Lipinski definition) is 3. The highest BCUT2D eigenvalue weighted by molar-refractivity contribution is 14.0. The van der Waals surface area contributed by atoms with Gasteiger partial charge in [0.05, 0.1) is 19.8 Å². The van der Waals surface area contributed by atoms with Crippen LogP contribution in [0.3, 0.4) is 0 Å². The summed E-state index contributed by atoms with van der Waals surface area (Å²) in [6, 6.07) is 11.0. The van der Waals surface area contributed by atoms with Gasteiger partial charge in [-0.1, -0.05) is 43.2 Å². The van der Waals surface area contributed by atoms with Crippen molar-refractivity contribution in [3.63, 3.8) is 0 Å². The average molecular weight is 458 g/mol. The molecule has 0 amide bonds. The van der Waals surface area contributed by atoms with Gasteiger partial charge in [0.25, 0.3) is 0 Å². The van der Waals surface area contributed by atoms with Gasteiger partial charge in [0.2, 0.25) is 0 Å². The molecule has 1 aromatic carbocycles. The third-order valence-electron chi connectivity index (χ3n) is 5.26. The number of hydrogen-bond donors (Lipinski definition) is 2. The molecule has 2 aliphatic rings. The predicted molar refractivity (Wildman–Crippen MR) is 113 cm³/mol. The molecule has 0 radical (unpaired) electrons. The van der Waals surface area contributed by atoms with Crippen LogP contribution in [-0.2, 0) is 4.74 Å². The van der Waals surface area contributed by atoms with Crippen LogP contribution in [0.15, 0.2) is 35.3 Å². The third-order valence-corrected chi connectivity index (χ3v) is 5.26. The van der Waals surface area contributed by atoms with E-state index in [0.717, 1.165) is 32.8 Å². The van der Waals surface area contributed by atoms with Crippen LogP contribution in [-0.4, -0.2) is 49.2 Å². The Morgan fingerprint density at radius 2 is 1.88 bits per heavy atom. The van der Waals surface area contributed by atoms with Gasteiger partial charge in [-0.3, -0.25) is 4.99 Å². The van der Waals surface area contributed by atoms with Crippen LogP contribution in [0.5, 0.6) is 0 Å². The van der Waals surface area contributed by atoms with E-state index >= 15 is 0 Å². The molecule has 3 N–H and O–H groups in total. The lowest BCUT2D eigenvalue weighted by molar-refractivity contribution is 0.0673. The highest BCUT2D eigenvalue weighted by Gasteiger charge is 2.35. The molecule has 1 atom stereocenters. The number of benzene rings is 1. The number of nitrogens with two attached hydrogens (primary N) is 1. The minimum Gasteiger partial charge on any atom is -0.378 e. The molecule has 1 unspecified atom stereocenters. The first-order chi connectivity index (χ1) is 11.7. The fourth-order valence-corrected chi connectivity index (χ4v) is 3.81. The van der Waals surface area contributed by atoms with Crippen molar-refractivity contribution in [3.05, 3.63) is 35.9 Å². The van der Waals surface area contributed by atoms with Crippen LogP contribution in [0.25, 0.3) is 0 Å². The van der Waals surface area contributed by atoms with Gasteiger partial charge >= 0.3 is 0 Å². The standard InChI is InChI=1S/C19H30N4O.HI/c1-16(17-7-3-2-4-8-17)22-19(9-5-6-10-19)15-21-18(20)23-11-13-24-14-12-23;/h2-4,7-8,16,22H,5-6,9-15H2,1H3,(H2,20,21);1H. The van der Waals surface area contributed by atoms with E-state index in [0.29, 0.717) is 12.0 Å². The molecular weight excluding hydrogens is 427 g/mol. The highest BCUT2D eigenvalue weighted by atomic mass is 127. The first-order valence-electron chi connectivity index (χ1n) is 9.14. The van der Waals surface area contributed by atoms with Crippen molar-refractivity contribution in [2.75, 3.05) is 32.8 Å². The Kier molecular flexibility index (Phi) is 7.96. The Bertz CT molecular complexity index is 540. The van der Waals surface area contributed by atoms with Crippen LogP contribution in [0.4, 0.5) is 0 Å². The van der Waals surface area contributed by atoms with E-state index in [4.69, 9.17) is 15.5 Å². The van der Waals surface area contributed by atoms with Crippen molar-refractivity contribution >= 4 is 29.9 Å². The Morgan fingerprint density at radius 3 is 2.52 bits per heavy atom. The summed E-state index contributed by atoms with van der Waals surface area (Å²) >= 11 is 0. The van der Waals surface area contributed by atoms with Crippen LogP contribution >= 0.6 is 24.0 Å². The number of guanidine groups is 1. The molecule has 140 valence electrons. The van der Waals surface area contributed by atoms with Crippen LogP contribution < -0.4 is 11.1 Å². The Labute approximate surface area is 168 Å². The Balaban J connectivity index is 0.00000225. The Morgan fingerprint density at radius 1 is 1.24 bits per heavy atom. The number of halogens is 1. The van der Waals surface area contributed by atoms with Gasteiger partial charge in [-0.2, -0.15) is 0 Å². The lowest BCUT2D eigenvalue weighted by Crippen LogP contribution is -2.49. The second-order valence-corrected chi connectivity index (χ2v) is 7.04. The smallest absolute Gasteiger partial charge is 0.191 e. The van der Waals surface area contributed by atoms with Gasteiger partial charge in [-0.25, -0.2) is 0 Å². The van der Waals surface area contributed by atoms with E-state index in [1.165, 1.54) is 31.2 Å². The topological polar surface area (TPSA) is 62.9 Å². The van der Waals surface area contributed by atoms with E-state index in [9.17, 15) is 0 Å². The molecule has 1 saturated carbocycles. The summed E-state index contributed by atoms with van der Waals surface area (Å²) in [6.07, 6.45) is 4.87. The molecule has 0 aromatic heterocycles. The van der Waals surface area contributed by atoms with Gasteiger partial charge in [0.1, 0.15) is 0 Å². The van der Waals surface area contributed by atoms with Crippen molar-refractivity contribution in [1.82, 2.24) is 10.2 Å². The predicted octanol–water partition coefficient (Wildman–Crippen LogP) is 2.91. The molecular formula is C19H31IN4O. The summed E-state index contributed by atoms with van der Waals surface area (Å²) in [7, 11) is 0. The van der Waals surface area contributed by atoms with Gasteiger partial charge in [0, 0.05) is 24.7 Å². The molecule has 5 nitrogen and oxygen atoms in total. The lowest BCUT2D eigenvalue weighted by Gasteiger charge is -2.34. The number of nitrogens with one attached hydrogen (secondary N) is 1. The maximum atomic E-state index is 6.22. The van der Waals surface area contributed by atoms with Crippen molar-refractivity contribution in [2.24, 2.45) is 10.7 Å². The number of morpholine rings is 1. The van der Waals surface area contributed by atoms with E-state index in [1.807, 2.05) is 0 Å². The second-order valence-electron chi connectivity index (χ2n) is 7.04. The van der Waals surface area contributed by atoms with Gasteiger partial charge in [0.15, 0.2) is 5.96 Å². The summed E-state index contributed by atoms with van der Waals surface area (Å²) < 4.78 is 5.38. The summed E-state index contributed by atoms with van der Waals surface area (Å²) in [5, 5.41) is 3.86. The van der Waals surface area contributed by atoms with Gasteiger partial charge in [-0.05, 0) is 25.3 Å². The monoisotopic (exact) mass is 458 g/mol. The van der Waals surface area contributed by atoms with E-state index in [2.05, 4.69) is 47.5 Å². The van der Waals surface area contributed by atoms with Gasteiger partial charge in [-0.15, -0.1) is 24.0 Å². The number of nitrogens with zero attached hydrogens (tertiary/aromatic N) is 2. The largest absolute Gasteiger partial charge is 0.378 e. The number of ether oxygens (including phenoxy) is 1. The molecule has 6 heteroatoms. The summed E-state index contributed by atoms with van der Waals surface area (Å²) in [4.78, 5) is 6.88.